The van der Waals surface area contributed by atoms with Gasteiger partial charge in [-0.2, -0.15) is 0 Å². The van der Waals surface area contributed by atoms with E-state index in [4.69, 9.17) is 10.5 Å². The summed E-state index contributed by atoms with van der Waals surface area (Å²) in [5.74, 6) is 2.04. The largest absolute Gasteiger partial charge is 0.490 e. The summed E-state index contributed by atoms with van der Waals surface area (Å²) < 4.78 is 6.07. The number of rotatable bonds is 3. The molecule has 0 spiro atoms. The Kier molecular flexibility index (Phi) is 4.13. The molecule has 1 fully saturated rings. The molecule has 1 aromatic carbocycles. The second kappa shape index (κ2) is 5.64. The van der Waals surface area contributed by atoms with Crippen molar-refractivity contribution < 1.29 is 9.53 Å². The Morgan fingerprint density at radius 2 is 1.84 bits per heavy atom. The van der Waals surface area contributed by atoms with Crippen LogP contribution < -0.4 is 10.5 Å². The van der Waals surface area contributed by atoms with Crippen molar-refractivity contribution in [2.45, 2.75) is 46.1 Å². The van der Waals surface area contributed by atoms with E-state index in [1.807, 2.05) is 6.07 Å². The van der Waals surface area contributed by atoms with E-state index in [0.717, 1.165) is 12.8 Å². The van der Waals surface area contributed by atoms with Crippen LogP contribution in [0.5, 0.6) is 5.75 Å². The molecule has 1 saturated carbocycles. The van der Waals surface area contributed by atoms with Crippen LogP contribution in [0.3, 0.4) is 0 Å². The zero-order chi connectivity index (χ0) is 14.0. The number of nitrogens with two attached hydrogens (primary N) is 1. The Labute approximate surface area is 115 Å². The highest BCUT2D eigenvalue weighted by Gasteiger charge is 2.26. The summed E-state index contributed by atoms with van der Waals surface area (Å²) >= 11 is 0. The van der Waals surface area contributed by atoms with Crippen LogP contribution in [0.15, 0.2) is 18.2 Å². The molecule has 3 heteroatoms. The molecule has 2 rings (SSSR count). The highest BCUT2D eigenvalue weighted by Crippen LogP contribution is 2.32. The summed E-state index contributed by atoms with van der Waals surface area (Å²) in [6.07, 6.45) is 3.60. The number of carbonyl (C=O) groups is 1. The molecule has 0 bridgehead atoms. The van der Waals surface area contributed by atoms with Crippen molar-refractivity contribution >= 4 is 11.5 Å². The molecule has 19 heavy (non-hydrogen) atoms. The molecule has 3 nitrogen and oxygen atoms in total. The standard InChI is InChI=1S/C16H23NO2/c1-10-6-11(2)8-14(7-10)19-16-5-4-13(17)9-15(16)12(3)18/h4-5,9-11,14H,6-8,17H2,1-3H3. The van der Waals surface area contributed by atoms with Crippen LogP contribution in [0.4, 0.5) is 5.69 Å². The van der Waals surface area contributed by atoms with Crippen molar-refractivity contribution in [1.29, 1.82) is 0 Å². The van der Waals surface area contributed by atoms with E-state index in [1.165, 1.54) is 6.42 Å². The van der Waals surface area contributed by atoms with Gasteiger partial charge in [0.05, 0.1) is 11.7 Å². The van der Waals surface area contributed by atoms with Crippen molar-refractivity contribution in [2.24, 2.45) is 11.8 Å². The topological polar surface area (TPSA) is 52.3 Å². The molecule has 0 amide bonds. The summed E-state index contributed by atoms with van der Waals surface area (Å²) in [4.78, 5) is 11.7. The summed E-state index contributed by atoms with van der Waals surface area (Å²) in [6, 6.07) is 5.31. The first-order chi connectivity index (χ1) is 8.95. The predicted molar refractivity (Wildman–Crippen MR) is 77.5 cm³/mol. The van der Waals surface area contributed by atoms with E-state index >= 15 is 0 Å². The van der Waals surface area contributed by atoms with Crippen LogP contribution in [-0.2, 0) is 0 Å². The molecule has 0 aromatic heterocycles. The number of hydrogen-bond donors (Lipinski definition) is 1. The first-order valence-corrected chi connectivity index (χ1v) is 7.02. The van der Waals surface area contributed by atoms with Crippen LogP contribution in [0.1, 0.15) is 50.4 Å². The molecule has 0 heterocycles. The van der Waals surface area contributed by atoms with Gasteiger partial charge in [-0.1, -0.05) is 13.8 Å². The number of carbonyl (C=O) groups excluding carboxylic acids is 1. The fourth-order valence-electron chi connectivity index (χ4n) is 3.07. The molecular formula is C16H23NO2. The zero-order valence-corrected chi connectivity index (χ0v) is 12.0. The number of hydrogen-bond acceptors (Lipinski definition) is 3. The van der Waals surface area contributed by atoms with E-state index < -0.39 is 0 Å². The van der Waals surface area contributed by atoms with Crippen molar-refractivity contribution in [3.05, 3.63) is 23.8 Å². The average molecular weight is 261 g/mol. The van der Waals surface area contributed by atoms with Gasteiger partial charge in [-0.25, -0.2) is 0 Å². The minimum absolute atomic E-state index is 0.000735. The van der Waals surface area contributed by atoms with Crippen LogP contribution in [0.25, 0.3) is 0 Å². The Morgan fingerprint density at radius 3 is 2.42 bits per heavy atom. The first-order valence-electron chi connectivity index (χ1n) is 7.02. The van der Waals surface area contributed by atoms with Gasteiger partial charge in [-0.15, -0.1) is 0 Å². The molecule has 1 aromatic rings. The lowest BCUT2D eigenvalue weighted by atomic mass is 9.82. The van der Waals surface area contributed by atoms with Crippen molar-refractivity contribution in [3.63, 3.8) is 0 Å². The van der Waals surface area contributed by atoms with Crippen molar-refractivity contribution in [2.75, 3.05) is 5.73 Å². The highest BCUT2D eigenvalue weighted by atomic mass is 16.5. The summed E-state index contributed by atoms with van der Waals surface area (Å²) in [5, 5.41) is 0. The third kappa shape index (κ3) is 3.49. The Bertz CT molecular complexity index is 460. The van der Waals surface area contributed by atoms with Crippen LogP contribution >= 0.6 is 0 Å². The normalized spacial score (nSPS) is 27.0. The third-order valence-corrected chi connectivity index (χ3v) is 3.81. The van der Waals surface area contributed by atoms with E-state index in [1.54, 1.807) is 19.1 Å². The van der Waals surface area contributed by atoms with Crippen LogP contribution in [0.2, 0.25) is 0 Å². The second-order valence-corrected chi connectivity index (χ2v) is 5.97. The van der Waals surface area contributed by atoms with Gasteiger partial charge in [0.15, 0.2) is 5.78 Å². The highest BCUT2D eigenvalue weighted by molar-refractivity contribution is 5.97. The van der Waals surface area contributed by atoms with Gasteiger partial charge in [-0.05, 0) is 56.2 Å². The first kappa shape index (κ1) is 13.9. The van der Waals surface area contributed by atoms with Gasteiger partial charge in [0.1, 0.15) is 5.75 Å². The Balaban J connectivity index is 2.16. The molecule has 0 saturated heterocycles. The van der Waals surface area contributed by atoms with Gasteiger partial charge in [0, 0.05) is 5.69 Å². The summed E-state index contributed by atoms with van der Waals surface area (Å²) in [7, 11) is 0. The van der Waals surface area contributed by atoms with E-state index in [0.29, 0.717) is 28.8 Å². The van der Waals surface area contributed by atoms with E-state index in [9.17, 15) is 4.79 Å². The van der Waals surface area contributed by atoms with Gasteiger partial charge >= 0.3 is 0 Å². The summed E-state index contributed by atoms with van der Waals surface area (Å²) in [5.41, 5.74) is 6.92. The fraction of sp³-hybridized carbons (Fsp3) is 0.562. The lowest BCUT2D eigenvalue weighted by Gasteiger charge is -2.32. The van der Waals surface area contributed by atoms with E-state index in [2.05, 4.69) is 13.8 Å². The van der Waals surface area contributed by atoms with Crippen molar-refractivity contribution in [1.82, 2.24) is 0 Å². The van der Waals surface area contributed by atoms with Gasteiger partial charge in [0.25, 0.3) is 0 Å². The molecule has 2 unspecified atom stereocenters. The molecule has 2 atom stereocenters. The maximum atomic E-state index is 11.7. The predicted octanol–water partition coefficient (Wildman–Crippen LogP) is 3.67. The fourth-order valence-corrected chi connectivity index (χ4v) is 3.07. The average Bonchev–Trinajstić information content (AvgIpc) is 2.30. The van der Waals surface area contributed by atoms with Gasteiger partial charge in [-0.3, -0.25) is 4.79 Å². The molecule has 1 aliphatic carbocycles. The number of Topliss-reactive ketones (excluding diaryl/α,β-unsaturated/α-hetero) is 1. The minimum Gasteiger partial charge on any atom is -0.490 e. The maximum absolute atomic E-state index is 11.7. The maximum Gasteiger partial charge on any atom is 0.163 e. The number of ether oxygens (including phenoxy) is 1. The Hall–Kier alpha value is -1.51. The zero-order valence-electron chi connectivity index (χ0n) is 12.0. The molecule has 0 aliphatic heterocycles. The van der Waals surface area contributed by atoms with Crippen molar-refractivity contribution in [3.8, 4) is 5.75 Å². The molecule has 104 valence electrons. The van der Waals surface area contributed by atoms with E-state index in [-0.39, 0.29) is 11.9 Å². The smallest absolute Gasteiger partial charge is 0.163 e. The SMILES string of the molecule is CC(=O)c1cc(N)ccc1OC1CC(C)CC(C)C1. The summed E-state index contributed by atoms with van der Waals surface area (Å²) in [6.45, 7) is 6.08. The third-order valence-electron chi connectivity index (χ3n) is 3.81. The lowest BCUT2D eigenvalue weighted by molar-refractivity contribution is 0.0942. The van der Waals surface area contributed by atoms with Crippen LogP contribution in [-0.4, -0.2) is 11.9 Å². The number of anilines is 1. The minimum atomic E-state index is -0.000735. The lowest BCUT2D eigenvalue weighted by Crippen LogP contribution is -2.29. The number of benzene rings is 1. The molecule has 0 radical (unpaired) electrons. The molecular weight excluding hydrogens is 238 g/mol. The van der Waals surface area contributed by atoms with Gasteiger partial charge < -0.3 is 10.5 Å². The quantitative estimate of drug-likeness (QED) is 0.667. The number of ketones is 1. The monoisotopic (exact) mass is 261 g/mol. The number of nitrogen functional groups attached to an aromatic ring is 1. The molecule has 1 aliphatic rings. The second-order valence-electron chi connectivity index (χ2n) is 5.97. The van der Waals surface area contributed by atoms with Crippen LogP contribution in [0, 0.1) is 11.8 Å². The molecule has 2 N–H and O–H groups in total. The van der Waals surface area contributed by atoms with Gasteiger partial charge in [0.2, 0.25) is 0 Å². The Morgan fingerprint density at radius 1 is 1.21 bits per heavy atom.